The molecule has 4 heteroatoms. The molecule has 20 heavy (non-hydrogen) atoms. The summed E-state index contributed by atoms with van der Waals surface area (Å²) in [4.78, 5) is 2.38. The summed E-state index contributed by atoms with van der Waals surface area (Å²) in [6, 6.07) is 9.02. The zero-order chi connectivity index (χ0) is 14.8. The first-order valence-electron chi connectivity index (χ1n) is 7.03. The van der Waals surface area contributed by atoms with Gasteiger partial charge >= 0.3 is 0 Å². The highest BCUT2D eigenvalue weighted by atomic mass is 79.9. The molecule has 1 fully saturated rings. The predicted octanol–water partition coefficient (Wildman–Crippen LogP) is 3.48. The number of hydrogen-bond acceptors (Lipinski definition) is 3. The quantitative estimate of drug-likeness (QED) is 0.899. The fourth-order valence-corrected chi connectivity index (χ4v) is 3.05. The molecule has 108 valence electrons. The minimum atomic E-state index is 0.196. The van der Waals surface area contributed by atoms with Gasteiger partial charge < -0.3 is 10.2 Å². The van der Waals surface area contributed by atoms with E-state index in [0.717, 1.165) is 24.1 Å². The molecule has 1 saturated heterocycles. The van der Waals surface area contributed by atoms with Gasteiger partial charge in [-0.15, -0.1) is 0 Å². The number of benzene rings is 1. The third-order valence-electron chi connectivity index (χ3n) is 3.84. The minimum Gasteiger partial charge on any atom is -0.366 e. The lowest BCUT2D eigenvalue weighted by molar-refractivity contribution is 0.369. The van der Waals surface area contributed by atoms with Crippen LogP contribution in [-0.2, 0) is 0 Å². The molecule has 0 amide bonds. The van der Waals surface area contributed by atoms with Crippen molar-refractivity contribution in [2.45, 2.75) is 33.2 Å². The summed E-state index contributed by atoms with van der Waals surface area (Å²) >= 11 is 3.61. The SMILES string of the molecule is Cc1ccc(N2CC(C)(C)CNCC2CC#N)cc1Br. The molecule has 1 aliphatic rings. The van der Waals surface area contributed by atoms with Crippen LogP contribution < -0.4 is 10.2 Å². The second-order valence-corrected chi connectivity index (χ2v) is 7.23. The smallest absolute Gasteiger partial charge is 0.0643 e. The standard InChI is InChI=1S/C16H22BrN3/c1-12-4-5-13(8-15(12)17)20-11-16(2,3)10-19-9-14(20)6-7-18/h4-5,8,14,19H,6,9-11H2,1-3H3. The number of rotatable bonds is 2. The molecule has 0 saturated carbocycles. The number of nitriles is 1. The lowest BCUT2D eigenvalue weighted by Gasteiger charge is -2.35. The highest BCUT2D eigenvalue weighted by Crippen LogP contribution is 2.30. The van der Waals surface area contributed by atoms with Gasteiger partial charge in [0.1, 0.15) is 0 Å². The molecule has 0 spiro atoms. The van der Waals surface area contributed by atoms with E-state index in [1.165, 1.54) is 11.3 Å². The first-order chi connectivity index (χ1) is 9.43. The molecule has 0 aromatic heterocycles. The summed E-state index contributed by atoms with van der Waals surface area (Å²) in [5, 5.41) is 12.6. The summed E-state index contributed by atoms with van der Waals surface area (Å²) in [6.07, 6.45) is 0.550. The van der Waals surface area contributed by atoms with Gasteiger partial charge in [0.05, 0.1) is 18.5 Å². The Kier molecular flexibility index (Phi) is 4.72. The van der Waals surface area contributed by atoms with Crippen LogP contribution in [0.3, 0.4) is 0 Å². The van der Waals surface area contributed by atoms with Crippen molar-refractivity contribution in [1.82, 2.24) is 5.32 Å². The van der Waals surface area contributed by atoms with E-state index in [4.69, 9.17) is 5.26 Å². The zero-order valence-corrected chi connectivity index (χ0v) is 14.0. The Hall–Kier alpha value is -1.05. The van der Waals surface area contributed by atoms with Crippen molar-refractivity contribution in [2.24, 2.45) is 5.41 Å². The Labute approximate surface area is 130 Å². The normalized spacial score (nSPS) is 22.1. The topological polar surface area (TPSA) is 39.1 Å². The first-order valence-corrected chi connectivity index (χ1v) is 7.83. The molecule has 0 aliphatic carbocycles. The van der Waals surface area contributed by atoms with Crippen LogP contribution in [0.2, 0.25) is 0 Å². The van der Waals surface area contributed by atoms with Crippen LogP contribution in [0.5, 0.6) is 0 Å². The molecule has 0 bridgehead atoms. The lowest BCUT2D eigenvalue weighted by atomic mass is 9.92. The van der Waals surface area contributed by atoms with E-state index in [-0.39, 0.29) is 11.5 Å². The summed E-state index contributed by atoms with van der Waals surface area (Å²) in [5.41, 5.74) is 2.62. The van der Waals surface area contributed by atoms with Crippen molar-refractivity contribution in [2.75, 3.05) is 24.5 Å². The van der Waals surface area contributed by atoms with Gasteiger partial charge in [-0.3, -0.25) is 0 Å². The zero-order valence-electron chi connectivity index (χ0n) is 12.4. The minimum absolute atomic E-state index is 0.196. The van der Waals surface area contributed by atoms with Crippen LogP contribution in [0.25, 0.3) is 0 Å². The van der Waals surface area contributed by atoms with E-state index >= 15 is 0 Å². The molecule has 1 aromatic rings. The van der Waals surface area contributed by atoms with E-state index in [1.807, 2.05) is 0 Å². The van der Waals surface area contributed by atoms with E-state index in [0.29, 0.717) is 6.42 Å². The number of halogens is 1. The summed E-state index contributed by atoms with van der Waals surface area (Å²) in [6.45, 7) is 9.44. The number of nitrogens with one attached hydrogen (secondary N) is 1. The molecule has 0 radical (unpaired) electrons. The van der Waals surface area contributed by atoms with Crippen LogP contribution in [0.1, 0.15) is 25.8 Å². The molecule has 1 N–H and O–H groups in total. The number of aryl methyl sites for hydroxylation is 1. The molecule has 1 aromatic carbocycles. The molecule has 2 rings (SSSR count). The largest absolute Gasteiger partial charge is 0.366 e. The van der Waals surface area contributed by atoms with Gasteiger partial charge in [-0.25, -0.2) is 0 Å². The highest BCUT2D eigenvalue weighted by Gasteiger charge is 2.30. The summed E-state index contributed by atoms with van der Waals surface area (Å²) in [5.74, 6) is 0. The molecular weight excluding hydrogens is 314 g/mol. The Morgan fingerprint density at radius 2 is 2.25 bits per heavy atom. The predicted molar refractivity (Wildman–Crippen MR) is 86.9 cm³/mol. The first kappa shape index (κ1) is 15.3. The Morgan fingerprint density at radius 1 is 1.50 bits per heavy atom. The Bertz CT molecular complexity index is 519. The highest BCUT2D eigenvalue weighted by molar-refractivity contribution is 9.10. The van der Waals surface area contributed by atoms with Crippen LogP contribution in [-0.4, -0.2) is 25.7 Å². The molecule has 3 nitrogen and oxygen atoms in total. The van der Waals surface area contributed by atoms with Crippen LogP contribution >= 0.6 is 15.9 Å². The average Bonchev–Trinajstić information content (AvgIpc) is 2.52. The third kappa shape index (κ3) is 3.53. The Morgan fingerprint density at radius 3 is 2.90 bits per heavy atom. The van der Waals surface area contributed by atoms with Crippen molar-refractivity contribution in [1.29, 1.82) is 5.26 Å². The number of anilines is 1. The molecular formula is C16H22BrN3. The third-order valence-corrected chi connectivity index (χ3v) is 4.69. The second-order valence-electron chi connectivity index (χ2n) is 6.37. The van der Waals surface area contributed by atoms with Gasteiger partial charge in [0.2, 0.25) is 0 Å². The van der Waals surface area contributed by atoms with Crippen LogP contribution in [0, 0.1) is 23.7 Å². The summed E-state index contributed by atoms with van der Waals surface area (Å²) < 4.78 is 1.13. The average molecular weight is 336 g/mol. The number of nitrogens with zero attached hydrogens (tertiary/aromatic N) is 2. The molecule has 1 atom stereocenters. The van der Waals surface area contributed by atoms with E-state index in [2.05, 4.69) is 71.2 Å². The van der Waals surface area contributed by atoms with Gasteiger partial charge in [-0.05, 0) is 30.0 Å². The lowest BCUT2D eigenvalue weighted by Crippen LogP contribution is -2.41. The number of hydrogen-bond donors (Lipinski definition) is 1. The van der Waals surface area contributed by atoms with Gasteiger partial charge in [0, 0.05) is 29.8 Å². The van der Waals surface area contributed by atoms with Gasteiger partial charge in [0.15, 0.2) is 0 Å². The maximum absolute atomic E-state index is 9.09. The fourth-order valence-electron chi connectivity index (χ4n) is 2.68. The fraction of sp³-hybridized carbons (Fsp3) is 0.562. The van der Waals surface area contributed by atoms with Gasteiger partial charge in [-0.2, -0.15) is 5.26 Å². The van der Waals surface area contributed by atoms with Crippen molar-refractivity contribution >= 4 is 21.6 Å². The van der Waals surface area contributed by atoms with Crippen molar-refractivity contribution in [3.63, 3.8) is 0 Å². The van der Waals surface area contributed by atoms with Crippen LogP contribution in [0.4, 0.5) is 5.69 Å². The van der Waals surface area contributed by atoms with Crippen LogP contribution in [0.15, 0.2) is 22.7 Å². The van der Waals surface area contributed by atoms with Gasteiger partial charge in [-0.1, -0.05) is 35.8 Å². The maximum atomic E-state index is 9.09. The van der Waals surface area contributed by atoms with E-state index in [9.17, 15) is 0 Å². The van der Waals surface area contributed by atoms with Crippen molar-refractivity contribution in [3.8, 4) is 6.07 Å². The second kappa shape index (κ2) is 6.15. The molecule has 1 unspecified atom stereocenters. The monoisotopic (exact) mass is 335 g/mol. The van der Waals surface area contributed by atoms with E-state index < -0.39 is 0 Å². The molecule has 1 heterocycles. The maximum Gasteiger partial charge on any atom is 0.0643 e. The molecule has 1 aliphatic heterocycles. The summed E-state index contributed by atoms with van der Waals surface area (Å²) in [7, 11) is 0. The van der Waals surface area contributed by atoms with E-state index in [1.54, 1.807) is 0 Å². The Balaban J connectivity index is 2.35. The van der Waals surface area contributed by atoms with Crippen molar-refractivity contribution in [3.05, 3.63) is 28.2 Å². The van der Waals surface area contributed by atoms with Crippen molar-refractivity contribution < 1.29 is 0 Å². The van der Waals surface area contributed by atoms with Gasteiger partial charge in [0.25, 0.3) is 0 Å².